The number of hydrogen-bond donors (Lipinski definition) is 1. The van der Waals surface area contributed by atoms with Gasteiger partial charge in [0.1, 0.15) is 0 Å². The summed E-state index contributed by atoms with van der Waals surface area (Å²) in [6, 6.07) is 10.2. The molecule has 29 heavy (non-hydrogen) atoms. The SMILES string of the molecule is C=C(/C=C(\C=C/C)C1=CCC2=C(CCNC2=O)N1C)c1cnc2ccccc2c1. The van der Waals surface area contributed by atoms with Crippen molar-refractivity contribution in [2.24, 2.45) is 0 Å². The molecule has 1 aromatic heterocycles. The average Bonchev–Trinajstić information content (AvgIpc) is 2.74. The minimum absolute atomic E-state index is 0.0524. The molecule has 1 aromatic carbocycles. The topological polar surface area (TPSA) is 45.2 Å². The molecule has 0 saturated carbocycles. The van der Waals surface area contributed by atoms with E-state index in [4.69, 9.17) is 0 Å². The number of carbonyl (C=O) groups is 1. The summed E-state index contributed by atoms with van der Waals surface area (Å²) >= 11 is 0. The van der Waals surface area contributed by atoms with Gasteiger partial charge >= 0.3 is 0 Å². The van der Waals surface area contributed by atoms with Crippen LogP contribution in [0.4, 0.5) is 0 Å². The first kappa shape index (κ1) is 18.9. The molecule has 0 fully saturated rings. The van der Waals surface area contributed by atoms with Gasteiger partial charge in [0.25, 0.3) is 0 Å². The highest BCUT2D eigenvalue weighted by Gasteiger charge is 2.27. The van der Waals surface area contributed by atoms with Crippen molar-refractivity contribution in [1.29, 1.82) is 0 Å². The van der Waals surface area contributed by atoms with Crippen molar-refractivity contribution in [2.45, 2.75) is 19.8 Å². The molecule has 0 aliphatic carbocycles. The molecule has 2 aliphatic rings. The standard InChI is InChI=1S/C25H25N3O/c1-4-7-19(23-11-10-21-24(28(23)3)12-13-26-25(21)29)14-17(2)20-15-18-8-5-6-9-22(18)27-16-20/h4-9,11,14-16H,2,10,12-13H2,1,3H3,(H,26,29)/b7-4-,19-14+. The summed E-state index contributed by atoms with van der Waals surface area (Å²) in [6.45, 7) is 6.99. The number of aromatic nitrogens is 1. The van der Waals surface area contributed by atoms with Gasteiger partial charge in [-0.1, -0.05) is 43.0 Å². The fraction of sp³-hybridized carbons (Fsp3) is 0.200. The monoisotopic (exact) mass is 383 g/mol. The normalized spacial score (nSPS) is 17.4. The molecule has 1 N–H and O–H groups in total. The number of para-hydroxylation sites is 1. The third-order valence-electron chi connectivity index (χ3n) is 5.47. The Morgan fingerprint density at radius 3 is 2.97 bits per heavy atom. The number of nitrogens with one attached hydrogen (secondary N) is 1. The minimum atomic E-state index is 0.0524. The highest BCUT2D eigenvalue weighted by molar-refractivity contribution is 5.95. The van der Waals surface area contributed by atoms with Gasteiger partial charge < -0.3 is 10.2 Å². The Bertz CT molecular complexity index is 1120. The van der Waals surface area contributed by atoms with Gasteiger partial charge in [0.05, 0.1) is 5.52 Å². The van der Waals surface area contributed by atoms with Crippen LogP contribution in [0.25, 0.3) is 16.5 Å². The zero-order valence-electron chi connectivity index (χ0n) is 16.9. The van der Waals surface area contributed by atoms with E-state index in [1.54, 1.807) is 0 Å². The zero-order valence-corrected chi connectivity index (χ0v) is 16.9. The predicted molar refractivity (Wildman–Crippen MR) is 119 cm³/mol. The second kappa shape index (κ2) is 7.92. The Morgan fingerprint density at radius 1 is 1.31 bits per heavy atom. The first-order chi connectivity index (χ1) is 14.1. The highest BCUT2D eigenvalue weighted by atomic mass is 16.1. The third kappa shape index (κ3) is 3.66. The third-order valence-corrected chi connectivity index (χ3v) is 5.47. The van der Waals surface area contributed by atoms with Crippen molar-refractivity contribution in [3.05, 3.63) is 95.5 Å². The van der Waals surface area contributed by atoms with Gasteiger partial charge in [0.15, 0.2) is 0 Å². The summed E-state index contributed by atoms with van der Waals surface area (Å²) in [4.78, 5) is 18.9. The van der Waals surface area contributed by atoms with E-state index in [2.05, 4.69) is 52.1 Å². The van der Waals surface area contributed by atoms with E-state index in [1.165, 1.54) is 0 Å². The van der Waals surface area contributed by atoms with E-state index in [-0.39, 0.29) is 5.91 Å². The van der Waals surface area contributed by atoms with Crippen LogP contribution in [0.2, 0.25) is 0 Å². The maximum atomic E-state index is 12.2. The van der Waals surface area contributed by atoms with Gasteiger partial charge in [-0.25, -0.2) is 0 Å². The van der Waals surface area contributed by atoms with Crippen molar-refractivity contribution < 1.29 is 4.79 Å². The van der Waals surface area contributed by atoms with E-state index in [9.17, 15) is 4.79 Å². The fourth-order valence-electron chi connectivity index (χ4n) is 3.96. The lowest BCUT2D eigenvalue weighted by Gasteiger charge is -2.34. The number of fused-ring (bicyclic) bond motifs is 1. The second-order valence-corrected chi connectivity index (χ2v) is 7.33. The molecule has 2 aliphatic heterocycles. The van der Waals surface area contributed by atoms with Crippen LogP contribution in [0.5, 0.6) is 0 Å². The molecule has 0 unspecified atom stereocenters. The van der Waals surface area contributed by atoms with Crippen LogP contribution in [0.15, 0.2) is 90.0 Å². The van der Waals surface area contributed by atoms with Crippen LogP contribution in [0.3, 0.4) is 0 Å². The number of amides is 1. The molecule has 0 bridgehead atoms. The van der Waals surface area contributed by atoms with Crippen LogP contribution in [-0.2, 0) is 4.79 Å². The molecular formula is C25H25N3O. The molecule has 0 radical (unpaired) electrons. The number of nitrogens with zero attached hydrogens (tertiary/aromatic N) is 2. The Labute approximate surface area is 171 Å². The number of pyridine rings is 1. The Kier molecular flexibility index (Phi) is 5.17. The molecule has 4 nitrogen and oxygen atoms in total. The van der Waals surface area contributed by atoms with Crippen molar-refractivity contribution in [3.63, 3.8) is 0 Å². The van der Waals surface area contributed by atoms with Gasteiger partial charge in [0.2, 0.25) is 5.91 Å². The van der Waals surface area contributed by atoms with Crippen LogP contribution >= 0.6 is 0 Å². The lowest BCUT2D eigenvalue weighted by molar-refractivity contribution is -0.118. The largest absolute Gasteiger partial charge is 0.352 e. The molecule has 2 aromatic rings. The molecule has 0 spiro atoms. The lowest BCUT2D eigenvalue weighted by Crippen LogP contribution is -2.37. The van der Waals surface area contributed by atoms with Crippen molar-refractivity contribution >= 4 is 22.4 Å². The van der Waals surface area contributed by atoms with Gasteiger partial charge in [0, 0.05) is 54.1 Å². The summed E-state index contributed by atoms with van der Waals surface area (Å²) in [7, 11) is 2.04. The Hall–Kier alpha value is -3.40. The molecule has 3 heterocycles. The Balaban J connectivity index is 1.67. The molecule has 0 atom stereocenters. The van der Waals surface area contributed by atoms with Crippen LogP contribution < -0.4 is 5.32 Å². The van der Waals surface area contributed by atoms with E-state index in [0.29, 0.717) is 13.0 Å². The first-order valence-corrected chi connectivity index (χ1v) is 9.91. The molecule has 4 heteroatoms. The van der Waals surface area contributed by atoms with E-state index < -0.39 is 0 Å². The Morgan fingerprint density at radius 2 is 2.14 bits per heavy atom. The van der Waals surface area contributed by atoms with Gasteiger partial charge in [-0.2, -0.15) is 0 Å². The summed E-state index contributed by atoms with van der Waals surface area (Å²) in [5.74, 6) is 0.0524. The maximum absolute atomic E-state index is 12.2. The molecular weight excluding hydrogens is 358 g/mol. The van der Waals surface area contributed by atoms with Gasteiger partial charge in [-0.3, -0.25) is 9.78 Å². The quantitative estimate of drug-likeness (QED) is 0.776. The maximum Gasteiger partial charge on any atom is 0.249 e. The summed E-state index contributed by atoms with van der Waals surface area (Å²) in [6.07, 6.45) is 11.7. The van der Waals surface area contributed by atoms with Crippen LogP contribution in [-0.4, -0.2) is 29.4 Å². The first-order valence-electron chi connectivity index (χ1n) is 9.91. The molecule has 0 saturated heterocycles. The van der Waals surface area contributed by atoms with Gasteiger partial charge in [-0.05, 0) is 42.7 Å². The number of rotatable bonds is 4. The second-order valence-electron chi connectivity index (χ2n) is 7.33. The smallest absolute Gasteiger partial charge is 0.249 e. The van der Waals surface area contributed by atoms with Crippen LogP contribution in [0.1, 0.15) is 25.3 Å². The van der Waals surface area contributed by atoms with Crippen LogP contribution in [0, 0.1) is 0 Å². The fourth-order valence-corrected chi connectivity index (χ4v) is 3.96. The van der Waals surface area contributed by atoms with Crippen molar-refractivity contribution in [1.82, 2.24) is 15.2 Å². The van der Waals surface area contributed by atoms with Gasteiger partial charge in [-0.15, -0.1) is 0 Å². The predicted octanol–water partition coefficient (Wildman–Crippen LogP) is 4.74. The molecule has 146 valence electrons. The number of carbonyl (C=O) groups excluding carboxylic acids is 1. The molecule has 4 rings (SSSR count). The number of allylic oxidation sites excluding steroid dienone is 5. The molecule has 1 amide bonds. The summed E-state index contributed by atoms with van der Waals surface area (Å²) in [5, 5.41) is 4.04. The summed E-state index contributed by atoms with van der Waals surface area (Å²) in [5.41, 5.74) is 7.05. The number of likely N-dealkylation sites (N-methyl/N-ethyl adjacent to an activating group) is 1. The highest BCUT2D eigenvalue weighted by Crippen LogP contribution is 2.33. The zero-order chi connectivity index (χ0) is 20.4. The van der Waals surface area contributed by atoms with E-state index in [0.717, 1.165) is 51.0 Å². The number of hydrogen-bond acceptors (Lipinski definition) is 3. The number of benzene rings is 1. The van der Waals surface area contributed by atoms with E-state index >= 15 is 0 Å². The lowest BCUT2D eigenvalue weighted by atomic mass is 9.94. The summed E-state index contributed by atoms with van der Waals surface area (Å²) < 4.78 is 0. The average molecular weight is 383 g/mol. The van der Waals surface area contributed by atoms with Crippen molar-refractivity contribution in [3.8, 4) is 0 Å². The van der Waals surface area contributed by atoms with Crippen molar-refractivity contribution in [2.75, 3.05) is 13.6 Å². The van der Waals surface area contributed by atoms with E-state index in [1.807, 2.05) is 44.4 Å². The minimum Gasteiger partial charge on any atom is -0.352 e.